The van der Waals surface area contributed by atoms with Crippen molar-refractivity contribution >= 4 is 18.2 Å². The number of ether oxygens (including phenoxy) is 1. The summed E-state index contributed by atoms with van der Waals surface area (Å²) < 4.78 is 8.17. The monoisotopic (exact) mass is 570 g/mol. The Hall–Kier alpha value is -1.06. The normalized spacial score (nSPS) is 38.2. The molecular formula is C32H54N6OS. The summed E-state index contributed by atoms with van der Waals surface area (Å²) in [5.41, 5.74) is 12.7. The Bertz CT molecular complexity index is 993. The van der Waals surface area contributed by atoms with E-state index < -0.39 is 6.04 Å². The van der Waals surface area contributed by atoms with E-state index in [4.69, 9.17) is 9.73 Å². The van der Waals surface area contributed by atoms with E-state index >= 15 is 0 Å². The number of fused-ring (bicyclic) bond motifs is 7. The lowest BCUT2D eigenvalue weighted by atomic mass is 9.66. The maximum absolute atomic E-state index is 11.9. The predicted octanol–water partition coefficient (Wildman–Crippen LogP) is 5.91. The fourth-order valence-electron chi connectivity index (χ4n) is 8.80. The van der Waals surface area contributed by atoms with Crippen LogP contribution < -0.4 is 5.73 Å². The molecular weight excluding hydrogens is 516 g/mol. The van der Waals surface area contributed by atoms with E-state index in [0.717, 1.165) is 58.5 Å². The van der Waals surface area contributed by atoms with Gasteiger partial charge in [-0.25, -0.2) is 4.41 Å². The van der Waals surface area contributed by atoms with Gasteiger partial charge in [-0.15, -0.1) is 5.73 Å². The van der Waals surface area contributed by atoms with Gasteiger partial charge in [-0.2, -0.15) is 5.01 Å². The smallest absolute Gasteiger partial charge is 0.0938 e. The van der Waals surface area contributed by atoms with Gasteiger partial charge in [-0.3, -0.25) is 9.89 Å². The molecule has 8 heteroatoms. The average molecular weight is 571 g/mol. The van der Waals surface area contributed by atoms with Crippen LogP contribution in [0.3, 0.4) is 0 Å². The van der Waals surface area contributed by atoms with Gasteiger partial charge in [0.1, 0.15) is 0 Å². The molecule has 6 aliphatic rings. The SMILES string of the molecule is CC1(C)CC2CC(C)(C)N1N1C=C(C=C(N3CCOCC3)S1)C1C([N])CC(C)(C)N(CCCCC/C=N\2)C1(C)C. The minimum atomic E-state index is -0.401. The second kappa shape index (κ2) is 11.2. The molecule has 0 aliphatic carbocycles. The lowest BCUT2D eigenvalue weighted by Gasteiger charge is -2.60. The molecule has 0 amide bonds. The van der Waals surface area contributed by atoms with Gasteiger partial charge in [0, 0.05) is 59.3 Å². The Morgan fingerprint density at radius 2 is 1.55 bits per heavy atom. The first-order chi connectivity index (χ1) is 18.7. The van der Waals surface area contributed by atoms with E-state index in [-0.39, 0.29) is 28.1 Å². The number of nitrogens with zero attached hydrogens (tertiary/aromatic N) is 6. The number of aliphatic imine (C=N–C) groups is 1. The molecule has 3 unspecified atom stereocenters. The van der Waals surface area contributed by atoms with Crippen LogP contribution in [0.4, 0.5) is 0 Å². The summed E-state index contributed by atoms with van der Waals surface area (Å²) in [4.78, 5) is 10.3. The zero-order valence-corrected chi connectivity index (χ0v) is 27.3. The first-order valence-corrected chi connectivity index (χ1v) is 16.5. The lowest BCUT2D eigenvalue weighted by molar-refractivity contribution is -0.118. The quantitative estimate of drug-likeness (QED) is 0.366. The molecule has 0 spiro atoms. The van der Waals surface area contributed by atoms with Crippen LogP contribution in [0, 0.1) is 5.92 Å². The highest BCUT2D eigenvalue weighted by atomic mass is 32.2. The van der Waals surface area contributed by atoms with Gasteiger partial charge in [0.25, 0.3) is 0 Å². The van der Waals surface area contributed by atoms with Crippen molar-refractivity contribution in [2.75, 3.05) is 32.8 Å². The maximum atomic E-state index is 11.9. The van der Waals surface area contributed by atoms with Crippen molar-refractivity contribution in [2.45, 2.75) is 135 Å². The van der Waals surface area contributed by atoms with Crippen LogP contribution in [0.25, 0.3) is 0 Å². The van der Waals surface area contributed by atoms with Gasteiger partial charge < -0.3 is 9.64 Å². The van der Waals surface area contributed by atoms with Crippen molar-refractivity contribution in [1.29, 1.82) is 0 Å². The van der Waals surface area contributed by atoms with E-state index in [1.165, 1.54) is 29.9 Å². The van der Waals surface area contributed by atoms with Crippen LogP contribution in [0.1, 0.15) is 100 Å². The fourth-order valence-corrected chi connectivity index (χ4v) is 10.2. The van der Waals surface area contributed by atoms with E-state index in [1.807, 2.05) is 11.9 Å². The van der Waals surface area contributed by atoms with E-state index in [2.05, 4.69) is 93.1 Å². The third-order valence-corrected chi connectivity index (χ3v) is 11.1. The molecule has 6 aliphatic heterocycles. The number of piperidine rings is 2. The minimum absolute atomic E-state index is 0.0164. The maximum Gasteiger partial charge on any atom is 0.0938 e. The molecule has 0 aromatic carbocycles. The Morgan fingerprint density at radius 1 is 0.875 bits per heavy atom. The van der Waals surface area contributed by atoms with Crippen LogP contribution in [-0.2, 0) is 4.74 Å². The Labute approximate surface area is 248 Å². The molecule has 0 aromatic rings. The van der Waals surface area contributed by atoms with Gasteiger partial charge in [0.2, 0.25) is 0 Å². The number of hydrazine groups is 1. The summed E-state index contributed by atoms with van der Waals surface area (Å²) in [7, 11) is 0. The molecule has 0 N–H and O–H groups in total. The van der Waals surface area contributed by atoms with E-state index in [9.17, 15) is 5.73 Å². The standard InChI is InChI=1S/C32H54N6OS/c1-29(2)22-26(33)28-24-19-27(35-15-17-39-18-16-35)40-37(23-24)38-30(3,4)20-25(21-31(38,5)6)34-13-11-9-10-12-14-36(29)32(28,7)8/h13,19,23,25-26,28H,9-12,14-18,20-22H2,1-8H3/b34-13-. The van der Waals surface area contributed by atoms with Gasteiger partial charge in [0.05, 0.1) is 30.3 Å². The molecule has 40 heavy (non-hydrogen) atoms. The molecule has 0 saturated carbocycles. The average Bonchev–Trinajstić information content (AvgIpc) is 2.82. The zero-order valence-electron chi connectivity index (χ0n) is 26.4. The summed E-state index contributed by atoms with van der Waals surface area (Å²) in [6.45, 7) is 23.3. The molecule has 0 aromatic heterocycles. The number of morpholine rings is 1. The van der Waals surface area contributed by atoms with Crippen molar-refractivity contribution in [3.8, 4) is 0 Å². The molecule has 3 atom stereocenters. The van der Waals surface area contributed by atoms with Crippen LogP contribution in [-0.4, -0.2) is 92.5 Å². The summed E-state index contributed by atoms with van der Waals surface area (Å²) >= 11 is 1.84. The van der Waals surface area contributed by atoms with Gasteiger partial charge in [-0.05, 0) is 118 Å². The third-order valence-electron chi connectivity index (χ3n) is 10.0. The summed E-state index contributed by atoms with van der Waals surface area (Å²) in [5.74, 6) is 0.0164. The molecule has 224 valence electrons. The van der Waals surface area contributed by atoms with E-state index in [0.29, 0.717) is 6.04 Å². The second-order valence-corrected chi connectivity index (χ2v) is 16.1. The first-order valence-electron chi connectivity index (χ1n) is 15.7. The lowest BCUT2D eigenvalue weighted by Crippen LogP contribution is -2.67. The molecule has 6 rings (SSSR count). The molecule has 6 bridgehead atoms. The first kappa shape index (κ1) is 30.4. The van der Waals surface area contributed by atoms with Crippen molar-refractivity contribution < 1.29 is 4.74 Å². The number of hydrogen-bond donors (Lipinski definition) is 0. The summed E-state index contributed by atoms with van der Waals surface area (Å²) in [5, 5.41) is 3.89. The van der Waals surface area contributed by atoms with Gasteiger partial charge in [0.15, 0.2) is 0 Å². The van der Waals surface area contributed by atoms with Crippen molar-refractivity contribution in [1.82, 2.24) is 25.0 Å². The van der Waals surface area contributed by atoms with Crippen LogP contribution >= 0.6 is 11.9 Å². The van der Waals surface area contributed by atoms with Crippen molar-refractivity contribution in [3.05, 3.63) is 22.9 Å². The highest BCUT2D eigenvalue weighted by molar-refractivity contribution is 8.00. The molecule has 2 radical (unpaired) electrons. The number of hydrogen-bond acceptors (Lipinski definition) is 7. The fraction of sp³-hybridized carbons (Fsp3) is 0.844. The minimum Gasteiger partial charge on any atom is -0.378 e. The summed E-state index contributed by atoms with van der Waals surface area (Å²) in [6, 6.07) is -0.0572. The number of rotatable bonds is 1. The zero-order chi connectivity index (χ0) is 28.9. The number of allylic oxidation sites excluding steroid dienone is 1. The highest BCUT2D eigenvalue weighted by Gasteiger charge is 2.54. The van der Waals surface area contributed by atoms with Crippen molar-refractivity contribution in [2.24, 2.45) is 10.9 Å². The Kier molecular flexibility index (Phi) is 8.52. The van der Waals surface area contributed by atoms with Crippen LogP contribution in [0.5, 0.6) is 0 Å². The Morgan fingerprint density at radius 3 is 2.23 bits per heavy atom. The highest BCUT2D eigenvalue weighted by Crippen LogP contribution is 2.50. The molecule has 3 fully saturated rings. The second-order valence-electron chi connectivity index (χ2n) is 15.2. The topological polar surface area (TPSA) is 56.9 Å². The van der Waals surface area contributed by atoms with E-state index in [1.54, 1.807) is 0 Å². The van der Waals surface area contributed by atoms with Crippen LogP contribution in [0.15, 0.2) is 27.9 Å². The molecule has 7 nitrogen and oxygen atoms in total. The molecule has 3 saturated heterocycles. The van der Waals surface area contributed by atoms with Gasteiger partial charge >= 0.3 is 0 Å². The predicted molar refractivity (Wildman–Crippen MR) is 167 cm³/mol. The summed E-state index contributed by atoms with van der Waals surface area (Å²) in [6.07, 6.45) is 14.5. The third kappa shape index (κ3) is 5.90. The van der Waals surface area contributed by atoms with Crippen LogP contribution in [0.2, 0.25) is 0 Å². The van der Waals surface area contributed by atoms with Crippen molar-refractivity contribution in [3.63, 3.8) is 0 Å². The Balaban J connectivity index is 1.62. The largest absolute Gasteiger partial charge is 0.378 e. The molecule has 6 heterocycles. The van der Waals surface area contributed by atoms with Gasteiger partial charge in [-0.1, -0.05) is 6.42 Å².